The minimum Gasteiger partial charge on any atom is -0.377 e. The van der Waals surface area contributed by atoms with Gasteiger partial charge in [0.05, 0.1) is 5.60 Å². The largest absolute Gasteiger partial charge is 0.377 e. The van der Waals surface area contributed by atoms with E-state index in [1.165, 1.54) is 25.3 Å². The van der Waals surface area contributed by atoms with E-state index in [2.05, 4.69) is 5.32 Å². The molecule has 0 aromatic heterocycles. The van der Waals surface area contributed by atoms with Crippen molar-refractivity contribution in [3.8, 4) is 0 Å². The molecular formula is C16H23ClFNO. The normalized spacial score (nSPS) is 19.8. The standard InChI is InChI=1S/C16H23ClFNO/c1-19-15(16(20-2)8-4-3-5-9-16)11-12-10-13(17)6-7-14(12)18/h6-7,10,15,19H,3-5,8-9,11H2,1-2H3. The van der Waals surface area contributed by atoms with E-state index in [-0.39, 0.29) is 17.5 Å². The topological polar surface area (TPSA) is 21.3 Å². The van der Waals surface area contributed by atoms with Gasteiger partial charge in [0.1, 0.15) is 5.82 Å². The van der Waals surface area contributed by atoms with Gasteiger partial charge < -0.3 is 10.1 Å². The third-order valence-corrected chi connectivity index (χ3v) is 4.76. The molecule has 0 bridgehead atoms. The Bertz CT molecular complexity index is 446. The van der Waals surface area contributed by atoms with Crippen molar-refractivity contribution >= 4 is 11.6 Å². The van der Waals surface area contributed by atoms with Crippen LogP contribution < -0.4 is 5.32 Å². The Morgan fingerprint density at radius 1 is 1.35 bits per heavy atom. The van der Waals surface area contributed by atoms with Gasteiger partial charge in [0.25, 0.3) is 0 Å². The zero-order chi connectivity index (χ0) is 14.6. The van der Waals surface area contributed by atoms with Crippen molar-refractivity contribution in [3.63, 3.8) is 0 Å². The molecule has 1 aromatic carbocycles. The van der Waals surface area contributed by atoms with Crippen molar-refractivity contribution in [2.24, 2.45) is 0 Å². The van der Waals surface area contributed by atoms with E-state index < -0.39 is 0 Å². The first-order valence-corrected chi connectivity index (χ1v) is 7.65. The van der Waals surface area contributed by atoms with Crippen molar-refractivity contribution in [1.82, 2.24) is 5.32 Å². The summed E-state index contributed by atoms with van der Waals surface area (Å²) in [5, 5.41) is 3.90. The minimum absolute atomic E-state index is 0.0979. The fourth-order valence-electron chi connectivity index (χ4n) is 3.32. The van der Waals surface area contributed by atoms with E-state index >= 15 is 0 Å². The Hall–Kier alpha value is -0.640. The summed E-state index contributed by atoms with van der Waals surface area (Å²) >= 11 is 5.98. The van der Waals surface area contributed by atoms with E-state index in [0.29, 0.717) is 17.0 Å². The van der Waals surface area contributed by atoms with Crippen LogP contribution >= 0.6 is 11.6 Å². The summed E-state index contributed by atoms with van der Waals surface area (Å²) in [6.07, 6.45) is 6.24. The van der Waals surface area contributed by atoms with Crippen LogP contribution in [0.4, 0.5) is 4.39 Å². The lowest BCUT2D eigenvalue weighted by Gasteiger charge is -2.42. The lowest BCUT2D eigenvalue weighted by Crippen LogP contribution is -2.53. The van der Waals surface area contributed by atoms with Crippen molar-refractivity contribution in [3.05, 3.63) is 34.6 Å². The molecule has 0 heterocycles. The monoisotopic (exact) mass is 299 g/mol. The second kappa shape index (κ2) is 6.88. The maximum atomic E-state index is 13.9. The fraction of sp³-hybridized carbons (Fsp3) is 0.625. The Kier molecular flexibility index (Phi) is 5.42. The third kappa shape index (κ3) is 3.33. The SMILES string of the molecule is CNC(Cc1cc(Cl)ccc1F)C1(OC)CCCCC1. The van der Waals surface area contributed by atoms with E-state index in [9.17, 15) is 4.39 Å². The lowest BCUT2D eigenvalue weighted by molar-refractivity contribution is -0.0658. The first-order valence-electron chi connectivity index (χ1n) is 7.27. The second-order valence-corrected chi connectivity index (χ2v) is 6.05. The van der Waals surface area contributed by atoms with Crippen LogP contribution in [0.15, 0.2) is 18.2 Å². The highest BCUT2D eigenvalue weighted by molar-refractivity contribution is 6.30. The van der Waals surface area contributed by atoms with E-state index in [1.54, 1.807) is 19.2 Å². The van der Waals surface area contributed by atoms with Gasteiger partial charge in [0, 0.05) is 18.2 Å². The van der Waals surface area contributed by atoms with Crippen LogP contribution in [0.2, 0.25) is 5.02 Å². The van der Waals surface area contributed by atoms with Gasteiger partial charge in [-0.25, -0.2) is 4.39 Å². The molecule has 0 aliphatic heterocycles. The molecule has 1 unspecified atom stereocenters. The van der Waals surface area contributed by atoms with Crippen LogP contribution in [0.1, 0.15) is 37.7 Å². The van der Waals surface area contributed by atoms with Gasteiger partial charge in [-0.05, 0) is 50.1 Å². The molecule has 112 valence electrons. The number of hydrogen-bond acceptors (Lipinski definition) is 2. The van der Waals surface area contributed by atoms with E-state index in [0.717, 1.165) is 12.8 Å². The smallest absolute Gasteiger partial charge is 0.126 e. The van der Waals surface area contributed by atoms with Gasteiger partial charge in [0.2, 0.25) is 0 Å². The molecule has 20 heavy (non-hydrogen) atoms. The molecule has 0 radical (unpaired) electrons. The summed E-state index contributed by atoms with van der Waals surface area (Å²) in [4.78, 5) is 0. The van der Waals surface area contributed by atoms with Crippen molar-refractivity contribution in [1.29, 1.82) is 0 Å². The summed E-state index contributed by atoms with van der Waals surface area (Å²) in [6.45, 7) is 0. The summed E-state index contributed by atoms with van der Waals surface area (Å²) in [7, 11) is 3.69. The summed E-state index contributed by atoms with van der Waals surface area (Å²) in [6, 6.07) is 4.83. The first kappa shape index (κ1) is 15.7. The van der Waals surface area contributed by atoms with Crippen molar-refractivity contribution in [2.75, 3.05) is 14.2 Å². The van der Waals surface area contributed by atoms with Crippen LogP contribution in [0, 0.1) is 5.82 Å². The molecule has 0 saturated heterocycles. The summed E-state index contributed by atoms with van der Waals surface area (Å²) < 4.78 is 19.8. The van der Waals surface area contributed by atoms with Crippen LogP contribution in [-0.4, -0.2) is 25.8 Å². The molecule has 2 rings (SSSR count). The molecule has 0 amide bonds. The molecule has 2 nitrogen and oxygen atoms in total. The Labute approximate surface area is 125 Å². The maximum Gasteiger partial charge on any atom is 0.126 e. The van der Waals surface area contributed by atoms with E-state index in [1.807, 2.05) is 7.05 Å². The Morgan fingerprint density at radius 3 is 2.65 bits per heavy atom. The molecular weight excluding hydrogens is 277 g/mol. The molecule has 1 aliphatic rings. The van der Waals surface area contributed by atoms with Gasteiger partial charge in [-0.2, -0.15) is 0 Å². The van der Waals surface area contributed by atoms with Crippen LogP contribution in [-0.2, 0) is 11.2 Å². The van der Waals surface area contributed by atoms with Crippen LogP contribution in [0.25, 0.3) is 0 Å². The highest BCUT2D eigenvalue weighted by atomic mass is 35.5. The number of ether oxygens (including phenoxy) is 1. The zero-order valence-corrected chi connectivity index (χ0v) is 13.0. The van der Waals surface area contributed by atoms with Gasteiger partial charge in [-0.3, -0.25) is 0 Å². The second-order valence-electron chi connectivity index (χ2n) is 5.61. The fourth-order valence-corrected chi connectivity index (χ4v) is 3.51. The maximum absolute atomic E-state index is 13.9. The quantitative estimate of drug-likeness (QED) is 0.888. The van der Waals surface area contributed by atoms with Crippen LogP contribution in [0.3, 0.4) is 0 Å². The number of halogens is 2. The van der Waals surface area contributed by atoms with Gasteiger partial charge in [0.15, 0.2) is 0 Å². The molecule has 0 spiro atoms. The Morgan fingerprint density at radius 2 is 2.05 bits per heavy atom. The molecule has 1 aliphatic carbocycles. The average molecular weight is 300 g/mol. The van der Waals surface area contributed by atoms with Crippen molar-refractivity contribution < 1.29 is 9.13 Å². The molecule has 1 aromatic rings. The predicted octanol–water partition coefficient (Wildman–Crippen LogP) is 3.96. The lowest BCUT2D eigenvalue weighted by atomic mass is 9.77. The van der Waals surface area contributed by atoms with E-state index in [4.69, 9.17) is 16.3 Å². The van der Waals surface area contributed by atoms with Gasteiger partial charge in [-0.15, -0.1) is 0 Å². The number of methoxy groups -OCH3 is 1. The number of rotatable bonds is 5. The number of nitrogens with one attached hydrogen (secondary N) is 1. The average Bonchev–Trinajstić information content (AvgIpc) is 2.48. The molecule has 1 fully saturated rings. The highest BCUT2D eigenvalue weighted by Gasteiger charge is 2.39. The van der Waals surface area contributed by atoms with Crippen LogP contribution in [0.5, 0.6) is 0 Å². The number of benzene rings is 1. The van der Waals surface area contributed by atoms with Gasteiger partial charge >= 0.3 is 0 Å². The molecule has 1 N–H and O–H groups in total. The predicted molar refractivity (Wildman–Crippen MR) is 80.8 cm³/mol. The highest BCUT2D eigenvalue weighted by Crippen LogP contribution is 2.35. The summed E-state index contributed by atoms with van der Waals surface area (Å²) in [5.74, 6) is -0.197. The number of likely N-dealkylation sites (N-methyl/N-ethyl adjacent to an activating group) is 1. The molecule has 1 saturated carbocycles. The Balaban J connectivity index is 2.21. The number of hydrogen-bond donors (Lipinski definition) is 1. The van der Waals surface area contributed by atoms with Crippen molar-refractivity contribution in [2.45, 2.75) is 50.2 Å². The minimum atomic E-state index is -0.197. The third-order valence-electron chi connectivity index (χ3n) is 4.52. The first-order chi connectivity index (χ1) is 9.61. The zero-order valence-electron chi connectivity index (χ0n) is 12.2. The molecule has 4 heteroatoms. The summed E-state index contributed by atoms with van der Waals surface area (Å²) in [5.41, 5.74) is 0.459. The molecule has 1 atom stereocenters. The van der Waals surface area contributed by atoms with Gasteiger partial charge in [-0.1, -0.05) is 30.9 Å².